The Balaban J connectivity index is 3.43. The molecule has 70 valence electrons. The van der Waals surface area contributed by atoms with Crippen molar-refractivity contribution in [3.05, 3.63) is 27.7 Å². The molecular formula is C9H9BrO3. The zero-order valence-electron chi connectivity index (χ0n) is 7.30. The lowest BCUT2D eigenvalue weighted by Gasteiger charge is -2.09. The van der Waals surface area contributed by atoms with Crippen LogP contribution in [0.5, 0.6) is 5.75 Å². The number of benzene rings is 1. The number of carboxylic acids is 1. The summed E-state index contributed by atoms with van der Waals surface area (Å²) in [7, 11) is 1.45. The van der Waals surface area contributed by atoms with Gasteiger partial charge in [-0.25, -0.2) is 4.79 Å². The number of aromatic carboxylic acids is 1. The van der Waals surface area contributed by atoms with Crippen LogP contribution in [0.1, 0.15) is 15.9 Å². The van der Waals surface area contributed by atoms with Crippen molar-refractivity contribution in [2.24, 2.45) is 0 Å². The highest BCUT2D eigenvalue weighted by atomic mass is 79.9. The topological polar surface area (TPSA) is 46.5 Å². The normalized spacial score (nSPS) is 9.77. The van der Waals surface area contributed by atoms with Gasteiger partial charge in [-0.3, -0.25) is 0 Å². The van der Waals surface area contributed by atoms with Crippen molar-refractivity contribution in [1.29, 1.82) is 0 Å². The minimum Gasteiger partial charge on any atom is -0.495 e. The zero-order chi connectivity index (χ0) is 10.0. The monoisotopic (exact) mass is 244 g/mol. The maximum absolute atomic E-state index is 10.9. The van der Waals surface area contributed by atoms with Crippen LogP contribution < -0.4 is 4.74 Å². The molecule has 0 aliphatic carbocycles. The highest BCUT2D eigenvalue weighted by molar-refractivity contribution is 9.10. The van der Waals surface area contributed by atoms with Crippen molar-refractivity contribution in [1.82, 2.24) is 0 Å². The van der Waals surface area contributed by atoms with Gasteiger partial charge < -0.3 is 9.84 Å². The van der Waals surface area contributed by atoms with E-state index in [0.29, 0.717) is 15.8 Å². The summed E-state index contributed by atoms with van der Waals surface area (Å²) < 4.78 is 5.64. The number of carbonyl (C=O) groups is 1. The lowest BCUT2D eigenvalue weighted by atomic mass is 10.1. The van der Waals surface area contributed by atoms with Gasteiger partial charge in [0.2, 0.25) is 0 Å². The van der Waals surface area contributed by atoms with Crippen LogP contribution in [-0.2, 0) is 0 Å². The fourth-order valence-corrected chi connectivity index (χ4v) is 1.61. The molecule has 0 aromatic heterocycles. The smallest absolute Gasteiger partial charge is 0.339 e. The molecule has 13 heavy (non-hydrogen) atoms. The van der Waals surface area contributed by atoms with Crippen LogP contribution in [0, 0.1) is 6.92 Å². The zero-order valence-corrected chi connectivity index (χ0v) is 8.88. The summed E-state index contributed by atoms with van der Waals surface area (Å²) in [6, 6.07) is 3.50. The number of aryl methyl sites for hydroxylation is 1. The average Bonchev–Trinajstić information content (AvgIpc) is 2.07. The third-order valence-corrected chi connectivity index (χ3v) is 2.36. The first-order chi connectivity index (χ1) is 6.07. The van der Waals surface area contributed by atoms with Crippen molar-refractivity contribution in [2.75, 3.05) is 7.11 Å². The Hall–Kier alpha value is -1.03. The maximum atomic E-state index is 10.9. The van der Waals surface area contributed by atoms with E-state index in [-0.39, 0.29) is 5.56 Å². The summed E-state index contributed by atoms with van der Waals surface area (Å²) in [5.41, 5.74) is 0.893. The van der Waals surface area contributed by atoms with Gasteiger partial charge in [0.15, 0.2) is 0 Å². The SMILES string of the molecule is COc1c(Br)ccc(C)c1C(=O)O. The Morgan fingerprint density at radius 3 is 2.54 bits per heavy atom. The molecule has 0 aliphatic rings. The molecule has 1 aromatic carbocycles. The van der Waals surface area contributed by atoms with Gasteiger partial charge in [0.25, 0.3) is 0 Å². The Morgan fingerprint density at radius 1 is 1.54 bits per heavy atom. The predicted molar refractivity (Wildman–Crippen MR) is 52.4 cm³/mol. The summed E-state index contributed by atoms with van der Waals surface area (Å²) in [6.45, 7) is 1.73. The largest absolute Gasteiger partial charge is 0.495 e. The maximum Gasteiger partial charge on any atom is 0.339 e. The van der Waals surface area contributed by atoms with E-state index >= 15 is 0 Å². The van der Waals surface area contributed by atoms with Gasteiger partial charge in [0.05, 0.1) is 11.6 Å². The minimum absolute atomic E-state index is 0.205. The lowest BCUT2D eigenvalue weighted by Crippen LogP contribution is -2.03. The van der Waals surface area contributed by atoms with Crippen LogP contribution in [0.3, 0.4) is 0 Å². The average molecular weight is 245 g/mol. The second-order valence-electron chi connectivity index (χ2n) is 2.58. The number of hydrogen-bond acceptors (Lipinski definition) is 2. The van der Waals surface area contributed by atoms with Crippen LogP contribution in [0.2, 0.25) is 0 Å². The van der Waals surface area contributed by atoms with E-state index in [1.165, 1.54) is 7.11 Å². The van der Waals surface area contributed by atoms with Crippen molar-refractivity contribution in [2.45, 2.75) is 6.92 Å². The lowest BCUT2D eigenvalue weighted by molar-refractivity contribution is 0.0692. The molecule has 0 atom stereocenters. The second-order valence-corrected chi connectivity index (χ2v) is 3.43. The van der Waals surface area contributed by atoms with Crippen LogP contribution in [0.15, 0.2) is 16.6 Å². The summed E-state index contributed by atoms with van der Waals surface area (Å²) in [4.78, 5) is 10.9. The summed E-state index contributed by atoms with van der Waals surface area (Å²) in [5.74, 6) is -0.608. The Morgan fingerprint density at radius 2 is 2.15 bits per heavy atom. The molecule has 4 heteroatoms. The van der Waals surface area contributed by atoms with Crippen LogP contribution >= 0.6 is 15.9 Å². The molecule has 1 N–H and O–H groups in total. The Kier molecular flexibility index (Phi) is 2.93. The quantitative estimate of drug-likeness (QED) is 0.870. The van der Waals surface area contributed by atoms with Gasteiger partial charge in [0.1, 0.15) is 11.3 Å². The number of hydrogen-bond donors (Lipinski definition) is 1. The van der Waals surface area contributed by atoms with Crippen molar-refractivity contribution < 1.29 is 14.6 Å². The first-order valence-electron chi connectivity index (χ1n) is 3.64. The van der Waals surface area contributed by atoms with Gasteiger partial charge >= 0.3 is 5.97 Å². The molecule has 0 aliphatic heterocycles. The van der Waals surface area contributed by atoms with Gasteiger partial charge in [0, 0.05) is 0 Å². The standard InChI is InChI=1S/C9H9BrO3/c1-5-3-4-6(10)8(13-2)7(5)9(11)12/h3-4H,1-2H3,(H,11,12). The van der Waals surface area contributed by atoms with E-state index in [0.717, 1.165) is 0 Å². The van der Waals surface area contributed by atoms with E-state index in [9.17, 15) is 4.79 Å². The molecule has 0 heterocycles. The summed E-state index contributed by atoms with van der Waals surface area (Å²) >= 11 is 3.22. The van der Waals surface area contributed by atoms with Gasteiger partial charge in [-0.05, 0) is 34.5 Å². The molecule has 0 saturated carbocycles. The summed E-state index contributed by atoms with van der Waals surface area (Å²) in [5, 5.41) is 8.90. The first kappa shape index (κ1) is 10.1. The first-order valence-corrected chi connectivity index (χ1v) is 4.43. The third-order valence-electron chi connectivity index (χ3n) is 1.74. The Labute approximate surface area is 84.5 Å². The molecule has 0 bridgehead atoms. The van der Waals surface area contributed by atoms with Crippen LogP contribution in [-0.4, -0.2) is 18.2 Å². The molecule has 0 spiro atoms. The molecule has 0 saturated heterocycles. The van der Waals surface area contributed by atoms with E-state index in [4.69, 9.17) is 9.84 Å². The van der Waals surface area contributed by atoms with Crippen molar-refractivity contribution >= 4 is 21.9 Å². The molecule has 0 amide bonds. The highest BCUT2D eigenvalue weighted by Gasteiger charge is 2.16. The predicted octanol–water partition coefficient (Wildman–Crippen LogP) is 2.46. The molecule has 0 radical (unpaired) electrons. The number of methoxy groups -OCH3 is 1. The van der Waals surface area contributed by atoms with Crippen LogP contribution in [0.25, 0.3) is 0 Å². The number of ether oxygens (including phenoxy) is 1. The number of halogens is 1. The third kappa shape index (κ3) is 1.83. The highest BCUT2D eigenvalue weighted by Crippen LogP contribution is 2.30. The molecule has 3 nitrogen and oxygen atoms in total. The van der Waals surface area contributed by atoms with E-state index in [1.54, 1.807) is 19.1 Å². The van der Waals surface area contributed by atoms with Crippen LogP contribution in [0.4, 0.5) is 0 Å². The van der Waals surface area contributed by atoms with Gasteiger partial charge in [-0.15, -0.1) is 0 Å². The number of carboxylic acid groups (broad SMARTS) is 1. The van der Waals surface area contributed by atoms with E-state index in [2.05, 4.69) is 15.9 Å². The van der Waals surface area contributed by atoms with E-state index in [1.807, 2.05) is 0 Å². The van der Waals surface area contributed by atoms with Gasteiger partial charge in [-0.2, -0.15) is 0 Å². The fourth-order valence-electron chi connectivity index (χ4n) is 1.12. The fraction of sp³-hybridized carbons (Fsp3) is 0.222. The van der Waals surface area contributed by atoms with Crippen molar-refractivity contribution in [3.63, 3.8) is 0 Å². The molecule has 1 aromatic rings. The van der Waals surface area contributed by atoms with Gasteiger partial charge in [-0.1, -0.05) is 6.07 Å². The Bertz CT molecular complexity index is 347. The summed E-state index contributed by atoms with van der Waals surface area (Å²) in [6.07, 6.45) is 0. The molecule has 0 unspecified atom stereocenters. The van der Waals surface area contributed by atoms with E-state index < -0.39 is 5.97 Å². The second kappa shape index (κ2) is 3.79. The molecular weight excluding hydrogens is 236 g/mol. The number of rotatable bonds is 2. The van der Waals surface area contributed by atoms with Crippen molar-refractivity contribution in [3.8, 4) is 5.75 Å². The molecule has 1 rings (SSSR count). The molecule has 0 fully saturated rings. The minimum atomic E-state index is -0.976.